The van der Waals surface area contributed by atoms with Crippen molar-refractivity contribution in [2.45, 2.75) is 37.8 Å². The van der Waals surface area contributed by atoms with Gasteiger partial charge >= 0.3 is 5.97 Å². The number of carbonyl (C=O) groups excluding carboxylic acids is 2. The molecule has 3 atom stereocenters. The maximum absolute atomic E-state index is 12.9. The Morgan fingerprint density at radius 2 is 1.93 bits per heavy atom. The molecule has 0 spiro atoms. The van der Waals surface area contributed by atoms with Crippen molar-refractivity contribution in [2.24, 2.45) is 11.7 Å². The van der Waals surface area contributed by atoms with Crippen LogP contribution in [0.3, 0.4) is 0 Å². The molecule has 0 radical (unpaired) electrons. The highest BCUT2D eigenvalue weighted by molar-refractivity contribution is 5.75. The molecule has 1 saturated heterocycles. The van der Waals surface area contributed by atoms with Crippen molar-refractivity contribution >= 4 is 11.9 Å². The Bertz CT molecular complexity index is 1540. The lowest BCUT2D eigenvalue weighted by Gasteiger charge is -2.42. The fourth-order valence-corrected chi connectivity index (χ4v) is 5.80. The number of aromatic nitrogens is 1. The maximum Gasteiger partial charge on any atom is 0.306 e. The molecule has 1 amide bonds. The zero-order valence-electron chi connectivity index (χ0n) is 22.1. The smallest absolute Gasteiger partial charge is 0.306 e. The summed E-state index contributed by atoms with van der Waals surface area (Å²) in [5.74, 6) is -1.60. The van der Waals surface area contributed by atoms with E-state index in [1.165, 1.54) is 13.2 Å². The minimum absolute atomic E-state index is 0.00978. The summed E-state index contributed by atoms with van der Waals surface area (Å²) in [7, 11) is 1.25. The Kier molecular flexibility index (Phi) is 7.74. The summed E-state index contributed by atoms with van der Waals surface area (Å²) in [6.07, 6.45) is 0.773. The standard InChI is InChI=1S/C29H31N3O8/c1-38-27(36)11-22(18-4-2-5-20(9-18)39-16-25(30)34)29-28(37)24(33)10-21(40-29)15-31-12-17-8-19(14-31)23-6-3-7-26(35)32(23)13-17/h2-7,9-10,17,19,22,37H,8,11-16H2,1H3,(H2,30,34)/t17-,19+,22+/m1/s1. The molecular formula is C29H31N3O8. The van der Waals surface area contributed by atoms with E-state index in [0.29, 0.717) is 36.7 Å². The minimum Gasteiger partial charge on any atom is -0.502 e. The van der Waals surface area contributed by atoms with Crippen molar-refractivity contribution < 1.29 is 28.6 Å². The van der Waals surface area contributed by atoms with Gasteiger partial charge in [0.15, 0.2) is 12.4 Å². The van der Waals surface area contributed by atoms with Gasteiger partial charge in [-0.05, 0) is 36.1 Å². The number of rotatable bonds is 9. The number of primary amides is 1. The summed E-state index contributed by atoms with van der Waals surface area (Å²) in [4.78, 5) is 50.9. The largest absolute Gasteiger partial charge is 0.502 e. The number of hydrogen-bond donors (Lipinski definition) is 2. The average Bonchev–Trinajstić information content (AvgIpc) is 2.93. The van der Waals surface area contributed by atoms with Crippen molar-refractivity contribution in [1.82, 2.24) is 9.47 Å². The van der Waals surface area contributed by atoms with Gasteiger partial charge in [0.25, 0.3) is 11.5 Å². The molecule has 4 heterocycles. The Labute approximate surface area is 229 Å². The molecule has 0 saturated carbocycles. The molecule has 0 aliphatic carbocycles. The molecule has 2 aliphatic heterocycles. The SMILES string of the molecule is COC(=O)C[C@@H](c1cccc(OCC(N)=O)c1)c1oc(CN2C[C@H]3C[C@@H](C2)c2cccc(=O)n2C3)cc(=O)c1O. The van der Waals surface area contributed by atoms with Crippen LogP contribution in [0.4, 0.5) is 0 Å². The highest BCUT2D eigenvalue weighted by Crippen LogP contribution is 2.37. The number of fused-ring (bicyclic) bond motifs is 4. The van der Waals surface area contributed by atoms with Crippen LogP contribution in [0, 0.1) is 5.92 Å². The zero-order valence-corrected chi connectivity index (χ0v) is 22.1. The lowest BCUT2D eigenvalue weighted by molar-refractivity contribution is -0.141. The first-order chi connectivity index (χ1) is 19.2. The Hall–Kier alpha value is -4.38. The molecule has 40 heavy (non-hydrogen) atoms. The molecule has 1 fully saturated rings. The van der Waals surface area contributed by atoms with Crippen molar-refractivity contribution in [3.05, 3.63) is 91.9 Å². The summed E-state index contributed by atoms with van der Waals surface area (Å²) in [5.41, 5.74) is 6.09. The first-order valence-corrected chi connectivity index (χ1v) is 13.1. The van der Waals surface area contributed by atoms with Gasteiger partial charge in [-0.15, -0.1) is 0 Å². The number of pyridine rings is 1. The van der Waals surface area contributed by atoms with Crippen molar-refractivity contribution in [3.63, 3.8) is 0 Å². The summed E-state index contributed by atoms with van der Waals surface area (Å²) in [5, 5.41) is 10.8. The number of benzene rings is 1. The van der Waals surface area contributed by atoms with E-state index in [1.807, 2.05) is 10.6 Å². The number of aromatic hydroxyl groups is 1. The molecule has 11 heteroatoms. The van der Waals surface area contributed by atoms with Crippen LogP contribution in [-0.2, 0) is 27.4 Å². The van der Waals surface area contributed by atoms with Crippen LogP contribution in [-0.4, -0.2) is 53.3 Å². The van der Waals surface area contributed by atoms with Crippen LogP contribution in [0.15, 0.2) is 62.5 Å². The number of esters is 1. The van der Waals surface area contributed by atoms with Crippen LogP contribution in [0.1, 0.15) is 47.5 Å². The Balaban J connectivity index is 1.44. The normalized spacial score (nSPS) is 18.9. The number of hydrogen-bond acceptors (Lipinski definition) is 9. The van der Waals surface area contributed by atoms with Gasteiger partial charge in [0, 0.05) is 43.4 Å². The molecule has 3 aromatic rings. The summed E-state index contributed by atoms with van der Waals surface area (Å²) < 4.78 is 18.3. The van der Waals surface area contributed by atoms with E-state index in [9.17, 15) is 24.3 Å². The molecule has 2 aromatic heterocycles. The maximum atomic E-state index is 12.9. The van der Waals surface area contributed by atoms with Crippen LogP contribution >= 0.6 is 0 Å². The lowest BCUT2D eigenvalue weighted by Crippen LogP contribution is -2.46. The quantitative estimate of drug-likeness (QED) is 0.380. The third kappa shape index (κ3) is 5.79. The predicted molar refractivity (Wildman–Crippen MR) is 143 cm³/mol. The van der Waals surface area contributed by atoms with Gasteiger partial charge < -0.3 is 29.3 Å². The molecule has 5 rings (SSSR count). The van der Waals surface area contributed by atoms with Gasteiger partial charge in [-0.25, -0.2) is 0 Å². The number of piperidine rings is 1. The van der Waals surface area contributed by atoms with E-state index in [0.717, 1.165) is 18.7 Å². The average molecular weight is 550 g/mol. The topological polar surface area (TPSA) is 154 Å². The third-order valence-electron chi connectivity index (χ3n) is 7.49. The molecule has 1 aromatic carbocycles. The van der Waals surface area contributed by atoms with Crippen LogP contribution < -0.4 is 21.5 Å². The summed E-state index contributed by atoms with van der Waals surface area (Å²) in [6, 6.07) is 13.2. The number of nitrogens with zero attached hydrogens (tertiary/aromatic N) is 2. The van der Waals surface area contributed by atoms with E-state index in [1.54, 1.807) is 36.4 Å². The highest BCUT2D eigenvalue weighted by Gasteiger charge is 2.35. The number of amides is 1. The van der Waals surface area contributed by atoms with Crippen molar-refractivity contribution in [3.8, 4) is 11.5 Å². The number of likely N-dealkylation sites (tertiary alicyclic amines) is 1. The number of carbonyl (C=O) groups is 2. The van der Waals surface area contributed by atoms with Gasteiger partial charge in [-0.2, -0.15) is 0 Å². The van der Waals surface area contributed by atoms with E-state index in [4.69, 9.17) is 19.6 Å². The first-order valence-electron chi connectivity index (χ1n) is 13.1. The first kappa shape index (κ1) is 27.2. The number of methoxy groups -OCH3 is 1. The second-order valence-electron chi connectivity index (χ2n) is 10.3. The summed E-state index contributed by atoms with van der Waals surface area (Å²) >= 11 is 0. The van der Waals surface area contributed by atoms with E-state index < -0.39 is 29.0 Å². The molecule has 11 nitrogen and oxygen atoms in total. The van der Waals surface area contributed by atoms with Crippen LogP contribution in [0.5, 0.6) is 11.5 Å². The van der Waals surface area contributed by atoms with E-state index in [2.05, 4.69) is 4.90 Å². The predicted octanol–water partition coefficient (Wildman–Crippen LogP) is 1.69. The summed E-state index contributed by atoms with van der Waals surface area (Å²) in [6.45, 7) is 2.03. The highest BCUT2D eigenvalue weighted by atomic mass is 16.5. The van der Waals surface area contributed by atoms with E-state index in [-0.39, 0.29) is 36.2 Å². The van der Waals surface area contributed by atoms with E-state index >= 15 is 0 Å². The molecule has 0 unspecified atom stereocenters. The van der Waals surface area contributed by atoms with Gasteiger partial charge in [-0.1, -0.05) is 18.2 Å². The number of ether oxygens (including phenoxy) is 2. The molecule has 2 aliphatic rings. The van der Waals surface area contributed by atoms with Gasteiger partial charge in [0.1, 0.15) is 11.5 Å². The Morgan fingerprint density at radius 1 is 1.12 bits per heavy atom. The fraction of sp³-hybridized carbons (Fsp3) is 0.379. The van der Waals surface area contributed by atoms with Gasteiger partial charge in [0.2, 0.25) is 11.2 Å². The molecule has 210 valence electrons. The second-order valence-corrected chi connectivity index (χ2v) is 10.3. The Morgan fingerprint density at radius 3 is 2.70 bits per heavy atom. The molecule has 2 bridgehead atoms. The fourth-order valence-electron chi connectivity index (χ4n) is 5.80. The zero-order chi connectivity index (χ0) is 28.4. The van der Waals surface area contributed by atoms with Crippen molar-refractivity contribution in [2.75, 3.05) is 26.8 Å². The molecular weight excluding hydrogens is 518 g/mol. The van der Waals surface area contributed by atoms with Crippen LogP contribution in [0.25, 0.3) is 0 Å². The monoisotopic (exact) mass is 549 g/mol. The molecule has 3 N–H and O–H groups in total. The van der Waals surface area contributed by atoms with Crippen LogP contribution in [0.2, 0.25) is 0 Å². The van der Waals surface area contributed by atoms with Gasteiger partial charge in [-0.3, -0.25) is 24.1 Å². The van der Waals surface area contributed by atoms with Gasteiger partial charge in [0.05, 0.1) is 26.0 Å². The minimum atomic E-state index is -0.864. The second kappa shape index (κ2) is 11.4. The third-order valence-corrected chi connectivity index (χ3v) is 7.49. The number of nitrogens with two attached hydrogens (primary N) is 1. The lowest BCUT2D eigenvalue weighted by atomic mass is 9.83. The van der Waals surface area contributed by atoms with Crippen molar-refractivity contribution in [1.29, 1.82) is 0 Å².